The van der Waals surface area contributed by atoms with E-state index in [2.05, 4.69) is 124 Å². The topological polar surface area (TPSA) is 40.2 Å². The SMILES string of the molecule is CC(C)c1cccc(C(C)C)c1NCCN(CCNc1c(C(C)C)cccc1C(C)C)Cc1ccccn1.[Cl-].[Cl-].[Os+2]. The molecule has 0 fully saturated rings. The molecule has 3 aromatic rings. The predicted molar refractivity (Wildman–Crippen MR) is 166 cm³/mol. The van der Waals surface area contributed by atoms with Gasteiger partial charge < -0.3 is 35.4 Å². The zero-order valence-corrected chi connectivity index (χ0v) is 30.2. The summed E-state index contributed by atoms with van der Waals surface area (Å²) in [5, 5.41) is 7.67. The van der Waals surface area contributed by atoms with Crippen molar-refractivity contribution >= 4 is 11.4 Å². The van der Waals surface area contributed by atoms with Crippen LogP contribution in [0.1, 0.15) is 107 Å². The number of pyridine rings is 1. The van der Waals surface area contributed by atoms with Gasteiger partial charge in [-0.1, -0.05) is 97.9 Å². The molecular formula is C34H50Cl2N4Os. The second-order valence-electron chi connectivity index (χ2n) is 11.7. The van der Waals surface area contributed by atoms with Gasteiger partial charge in [-0.3, -0.25) is 9.88 Å². The van der Waals surface area contributed by atoms with Crippen molar-refractivity contribution in [1.82, 2.24) is 9.88 Å². The molecule has 0 aliphatic heterocycles. The summed E-state index contributed by atoms with van der Waals surface area (Å²) in [6.45, 7) is 22.8. The fourth-order valence-electron chi connectivity index (χ4n) is 5.18. The third-order valence-corrected chi connectivity index (χ3v) is 7.32. The van der Waals surface area contributed by atoms with Crippen molar-refractivity contribution in [2.24, 2.45) is 0 Å². The first-order valence-corrected chi connectivity index (χ1v) is 14.5. The number of aromatic nitrogens is 1. The van der Waals surface area contributed by atoms with E-state index < -0.39 is 0 Å². The summed E-state index contributed by atoms with van der Waals surface area (Å²) in [7, 11) is 0. The Bertz CT molecular complexity index is 1010. The Morgan fingerprint density at radius 1 is 0.585 bits per heavy atom. The third kappa shape index (κ3) is 11.5. The minimum Gasteiger partial charge on any atom is -1.00 e. The number of hydrogen-bond acceptors (Lipinski definition) is 4. The molecule has 0 atom stereocenters. The normalized spacial score (nSPS) is 11.0. The number of halogens is 2. The van der Waals surface area contributed by atoms with Gasteiger partial charge in [-0.15, -0.1) is 0 Å². The first-order valence-electron chi connectivity index (χ1n) is 14.5. The van der Waals surface area contributed by atoms with Crippen LogP contribution in [0, 0.1) is 0 Å². The molecule has 2 N–H and O–H groups in total. The van der Waals surface area contributed by atoms with Crippen molar-refractivity contribution < 1.29 is 44.6 Å². The summed E-state index contributed by atoms with van der Waals surface area (Å²) >= 11 is 0. The predicted octanol–water partition coefficient (Wildman–Crippen LogP) is 2.61. The van der Waals surface area contributed by atoms with Crippen molar-refractivity contribution in [1.29, 1.82) is 0 Å². The van der Waals surface area contributed by atoms with Crippen LogP contribution < -0.4 is 35.4 Å². The Kier molecular flexibility index (Phi) is 18.8. The maximum absolute atomic E-state index is 4.62. The molecule has 0 amide bonds. The van der Waals surface area contributed by atoms with E-state index in [1.807, 2.05) is 12.3 Å². The van der Waals surface area contributed by atoms with E-state index in [1.54, 1.807) is 0 Å². The molecule has 0 aliphatic rings. The minimum atomic E-state index is 0. The molecule has 41 heavy (non-hydrogen) atoms. The van der Waals surface area contributed by atoms with E-state index in [4.69, 9.17) is 0 Å². The molecule has 0 saturated carbocycles. The van der Waals surface area contributed by atoms with Crippen LogP contribution in [0.25, 0.3) is 0 Å². The van der Waals surface area contributed by atoms with Crippen molar-refractivity contribution in [3.63, 3.8) is 0 Å². The Balaban J connectivity index is 0.00000533. The number of nitrogens with zero attached hydrogens (tertiary/aromatic N) is 2. The number of rotatable bonds is 14. The Morgan fingerprint density at radius 2 is 0.976 bits per heavy atom. The zero-order valence-electron chi connectivity index (χ0n) is 26.1. The molecule has 0 unspecified atom stereocenters. The van der Waals surface area contributed by atoms with Crippen LogP contribution in [0.2, 0.25) is 0 Å². The van der Waals surface area contributed by atoms with E-state index in [1.165, 1.54) is 33.6 Å². The Hall–Kier alpha value is -1.63. The molecule has 2 aromatic carbocycles. The van der Waals surface area contributed by atoms with E-state index in [0.29, 0.717) is 23.7 Å². The summed E-state index contributed by atoms with van der Waals surface area (Å²) in [6.07, 6.45) is 1.89. The van der Waals surface area contributed by atoms with E-state index >= 15 is 0 Å². The molecule has 7 heteroatoms. The van der Waals surface area contributed by atoms with Crippen LogP contribution in [-0.2, 0) is 26.3 Å². The van der Waals surface area contributed by atoms with Gasteiger partial charge >= 0.3 is 19.8 Å². The zero-order chi connectivity index (χ0) is 27.7. The molecule has 0 radical (unpaired) electrons. The Morgan fingerprint density at radius 3 is 1.29 bits per heavy atom. The molecule has 0 aliphatic carbocycles. The molecule has 1 heterocycles. The third-order valence-electron chi connectivity index (χ3n) is 7.32. The summed E-state index contributed by atoms with van der Waals surface area (Å²) in [5.74, 6) is 1.95. The Labute approximate surface area is 275 Å². The van der Waals surface area contributed by atoms with Crippen LogP contribution >= 0.6 is 0 Å². The van der Waals surface area contributed by atoms with Gasteiger partial charge in [0.15, 0.2) is 0 Å². The van der Waals surface area contributed by atoms with Gasteiger partial charge in [-0.05, 0) is 58.1 Å². The first kappa shape index (κ1) is 39.4. The second-order valence-corrected chi connectivity index (χ2v) is 11.7. The number of anilines is 2. The maximum Gasteiger partial charge on any atom is 2.00 e. The van der Waals surface area contributed by atoms with Crippen LogP contribution in [0.3, 0.4) is 0 Å². The number of para-hydroxylation sites is 2. The van der Waals surface area contributed by atoms with Crippen LogP contribution in [0.5, 0.6) is 0 Å². The fourth-order valence-corrected chi connectivity index (χ4v) is 5.18. The number of nitrogens with one attached hydrogen (secondary N) is 2. The average Bonchev–Trinajstić information content (AvgIpc) is 2.88. The molecule has 228 valence electrons. The molecule has 3 rings (SSSR count). The van der Waals surface area contributed by atoms with E-state index in [9.17, 15) is 0 Å². The van der Waals surface area contributed by atoms with Crippen molar-refractivity contribution in [2.45, 2.75) is 85.6 Å². The van der Waals surface area contributed by atoms with Crippen LogP contribution in [0.4, 0.5) is 11.4 Å². The van der Waals surface area contributed by atoms with Crippen molar-refractivity contribution in [3.05, 3.63) is 88.7 Å². The van der Waals surface area contributed by atoms with Gasteiger partial charge in [0, 0.05) is 50.3 Å². The van der Waals surface area contributed by atoms with Gasteiger partial charge in [0.25, 0.3) is 0 Å². The quantitative estimate of drug-likeness (QED) is 0.265. The minimum absolute atomic E-state index is 0. The van der Waals surface area contributed by atoms with Gasteiger partial charge in [0.1, 0.15) is 0 Å². The van der Waals surface area contributed by atoms with Crippen molar-refractivity contribution in [3.8, 4) is 0 Å². The second kappa shape index (κ2) is 19.5. The van der Waals surface area contributed by atoms with Gasteiger partial charge in [-0.2, -0.15) is 0 Å². The van der Waals surface area contributed by atoms with Gasteiger partial charge in [-0.25, -0.2) is 0 Å². The van der Waals surface area contributed by atoms with Crippen LogP contribution in [0.15, 0.2) is 60.8 Å². The summed E-state index contributed by atoms with van der Waals surface area (Å²) < 4.78 is 0. The number of benzene rings is 2. The van der Waals surface area contributed by atoms with Gasteiger partial charge in [0.2, 0.25) is 0 Å². The average molecular weight is 776 g/mol. The maximum atomic E-state index is 4.62. The molecular weight excluding hydrogens is 726 g/mol. The van der Waals surface area contributed by atoms with E-state index in [-0.39, 0.29) is 44.6 Å². The largest absolute Gasteiger partial charge is 2.00 e. The molecule has 0 saturated heterocycles. The summed E-state index contributed by atoms with van der Waals surface area (Å²) in [6, 6.07) is 19.7. The monoisotopic (exact) mass is 776 g/mol. The van der Waals surface area contributed by atoms with E-state index in [0.717, 1.165) is 38.4 Å². The molecule has 4 nitrogen and oxygen atoms in total. The molecule has 1 aromatic heterocycles. The standard InChI is InChI=1S/C34H50N4.2ClH.Os/c1-24(2)29-14-11-15-30(25(3)4)33(29)36-19-21-38(23-28-13-9-10-18-35-28)22-20-37-34-31(26(5)6)16-12-17-32(34)27(7)8;;;/h9-18,24-27,36-37H,19-23H2,1-8H3;2*1H;/q;;;+2/p-2. The van der Waals surface area contributed by atoms with Gasteiger partial charge in [0.05, 0.1) is 5.69 Å². The van der Waals surface area contributed by atoms with Crippen LogP contribution in [-0.4, -0.2) is 36.1 Å². The smallest absolute Gasteiger partial charge is 1.00 e. The summed E-state index contributed by atoms with van der Waals surface area (Å²) in [4.78, 5) is 7.13. The molecule has 0 bridgehead atoms. The summed E-state index contributed by atoms with van der Waals surface area (Å²) in [5.41, 5.74) is 9.37. The van der Waals surface area contributed by atoms with Crippen molar-refractivity contribution in [2.75, 3.05) is 36.8 Å². The fraction of sp³-hybridized carbons (Fsp3) is 0.500. The molecule has 0 spiro atoms. The first-order chi connectivity index (χ1) is 18.2. The number of hydrogen-bond donors (Lipinski definition) is 2.